The summed E-state index contributed by atoms with van der Waals surface area (Å²) in [6, 6.07) is 27.0. The average molecular weight is 699 g/mol. The lowest BCUT2D eigenvalue weighted by atomic mass is 9.78. The summed E-state index contributed by atoms with van der Waals surface area (Å²) in [5, 5.41) is 22.9. The van der Waals surface area contributed by atoms with E-state index in [1.165, 1.54) is 36.4 Å². The molecule has 2 heterocycles. The van der Waals surface area contributed by atoms with Crippen LogP contribution in [-0.4, -0.2) is 59.5 Å². The maximum Gasteiger partial charge on any atom is 0.326 e. The Morgan fingerprint density at radius 2 is 1.55 bits per heavy atom. The third-order valence-electron chi connectivity index (χ3n) is 9.67. The number of nitrogens with one attached hydrogen (secondary N) is 1. The van der Waals surface area contributed by atoms with Gasteiger partial charge in [0.05, 0.1) is 31.3 Å². The van der Waals surface area contributed by atoms with Crippen LogP contribution in [0, 0.1) is 17.6 Å². The van der Waals surface area contributed by atoms with Crippen LogP contribution in [0.3, 0.4) is 0 Å². The zero-order valence-corrected chi connectivity index (χ0v) is 27.9. The summed E-state index contributed by atoms with van der Waals surface area (Å²) in [5.74, 6) is -2.98. The molecule has 2 aliphatic heterocycles. The van der Waals surface area contributed by atoms with Crippen LogP contribution in [0.2, 0.25) is 0 Å². The summed E-state index contributed by atoms with van der Waals surface area (Å²) >= 11 is 0. The fourth-order valence-corrected chi connectivity index (χ4v) is 6.68. The number of carboxylic acids is 1. The van der Waals surface area contributed by atoms with E-state index < -0.39 is 47.2 Å². The Morgan fingerprint density at radius 3 is 2.16 bits per heavy atom. The molecule has 2 saturated heterocycles. The normalized spacial score (nSPS) is 19.0. The van der Waals surface area contributed by atoms with Gasteiger partial charge in [-0.15, -0.1) is 0 Å². The molecule has 11 heteroatoms. The van der Waals surface area contributed by atoms with Gasteiger partial charge in [-0.05, 0) is 84.3 Å². The van der Waals surface area contributed by atoms with E-state index in [9.17, 15) is 33.4 Å². The predicted octanol–water partition coefficient (Wildman–Crippen LogP) is 5.71. The molecule has 2 fully saturated rings. The third kappa shape index (κ3) is 8.68. The van der Waals surface area contributed by atoms with Crippen molar-refractivity contribution in [3.8, 4) is 0 Å². The number of hydrogen-bond donors (Lipinski definition) is 3. The first-order valence-corrected chi connectivity index (χ1v) is 17.0. The highest BCUT2D eigenvalue weighted by molar-refractivity contribution is 6.03. The van der Waals surface area contributed by atoms with Gasteiger partial charge in [-0.3, -0.25) is 9.59 Å². The number of amides is 2. The summed E-state index contributed by atoms with van der Waals surface area (Å²) < 4.78 is 38.6. The van der Waals surface area contributed by atoms with Crippen molar-refractivity contribution in [3.63, 3.8) is 0 Å². The van der Waals surface area contributed by atoms with Crippen LogP contribution in [0.15, 0.2) is 103 Å². The van der Waals surface area contributed by atoms with Gasteiger partial charge in [-0.25, -0.2) is 13.6 Å². The largest absolute Gasteiger partial charge is 0.480 e. The molecule has 1 unspecified atom stereocenters. The van der Waals surface area contributed by atoms with E-state index >= 15 is 0 Å². The lowest BCUT2D eigenvalue weighted by Crippen LogP contribution is -2.55. The number of aliphatic hydroxyl groups is 1. The van der Waals surface area contributed by atoms with E-state index in [2.05, 4.69) is 5.32 Å². The van der Waals surface area contributed by atoms with Crippen molar-refractivity contribution in [2.75, 3.05) is 24.7 Å². The molecule has 0 aromatic heterocycles. The number of aliphatic carboxylic acids is 1. The van der Waals surface area contributed by atoms with Crippen LogP contribution in [0.1, 0.15) is 53.7 Å². The second-order valence-electron chi connectivity index (χ2n) is 13.2. The molecule has 51 heavy (non-hydrogen) atoms. The summed E-state index contributed by atoms with van der Waals surface area (Å²) in [7, 11) is 0. The molecule has 6 rings (SSSR count). The molecule has 2 aliphatic rings. The molecule has 0 bridgehead atoms. The van der Waals surface area contributed by atoms with Crippen LogP contribution < -0.4 is 10.2 Å². The van der Waals surface area contributed by atoms with Gasteiger partial charge >= 0.3 is 5.97 Å². The molecule has 4 aromatic rings. The highest BCUT2D eigenvalue weighted by atomic mass is 19.1. The van der Waals surface area contributed by atoms with Gasteiger partial charge in [0.2, 0.25) is 11.8 Å². The smallest absolute Gasteiger partial charge is 0.326 e. The monoisotopic (exact) mass is 698 g/mol. The van der Waals surface area contributed by atoms with E-state index in [1.54, 1.807) is 29.2 Å². The Labute approximate surface area is 294 Å². The highest BCUT2D eigenvalue weighted by Crippen LogP contribution is 2.46. The standard InChI is InChI=1S/C40H40F2N2O7/c41-30-12-10-28(11-13-30)35(45)19-18-33-37(44(38(33)47)32-16-14-31(42)15-17-32)29-8-6-26(7-9-29)20-21-40(24-50-25-40)51-23-36(46)43-34(39(48)49)22-27-4-2-1-3-5-27/h1-17,33-35,37,45H,18-25H2,(H,43,46)(H,48,49)/t33-,34?,35+,37-/m1/s1. The van der Waals surface area contributed by atoms with Crippen LogP contribution in [-0.2, 0) is 36.7 Å². The SMILES string of the molecule is O=C(COC1(CCc2ccc([C@@H]3[C@@H](CC[C@H](O)c4ccc(F)cc4)C(=O)N3c3ccc(F)cc3)cc2)COC1)NC(Cc1ccccc1)C(=O)O. The fraction of sp³-hybridized carbons (Fsp3) is 0.325. The second-order valence-corrected chi connectivity index (χ2v) is 13.2. The van der Waals surface area contributed by atoms with Crippen molar-refractivity contribution in [2.45, 2.75) is 55.9 Å². The number of ether oxygens (including phenoxy) is 2. The van der Waals surface area contributed by atoms with Crippen LogP contribution in [0.4, 0.5) is 14.5 Å². The second kappa shape index (κ2) is 15.9. The number of aryl methyl sites for hydroxylation is 1. The molecule has 4 atom stereocenters. The highest BCUT2D eigenvalue weighted by Gasteiger charge is 2.48. The van der Waals surface area contributed by atoms with Gasteiger partial charge in [0, 0.05) is 12.1 Å². The number of anilines is 1. The van der Waals surface area contributed by atoms with Gasteiger partial charge in [0.1, 0.15) is 29.9 Å². The van der Waals surface area contributed by atoms with Crippen molar-refractivity contribution < 1.29 is 42.9 Å². The Balaban J connectivity index is 1.07. The first kappa shape index (κ1) is 35.8. The van der Waals surface area contributed by atoms with E-state index in [-0.39, 0.29) is 25.0 Å². The number of carboxylic acid groups (broad SMARTS) is 1. The van der Waals surface area contributed by atoms with Crippen molar-refractivity contribution in [1.29, 1.82) is 0 Å². The summed E-state index contributed by atoms with van der Waals surface area (Å²) in [4.78, 5) is 39.6. The van der Waals surface area contributed by atoms with Crippen LogP contribution in [0.25, 0.3) is 0 Å². The van der Waals surface area contributed by atoms with Crippen LogP contribution in [0.5, 0.6) is 0 Å². The van der Waals surface area contributed by atoms with Gasteiger partial charge in [-0.1, -0.05) is 66.7 Å². The van der Waals surface area contributed by atoms with Crippen molar-refractivity contribution in [2.24, 2.45) is 5.92 Å². The number of rotatable bonds is 16. The van der Waals surface area contributed by atoms with E-state index in [1.807, 2.05) is 42.5 Å². The number of hydrogen-bond acceptors (Lipinski definition) is 6. The molecule has 266 valence electrons. The number of halogens is 2. The van der Waals surface area contributed by atoms with Crippen LogP contribution >= 0.6 is 0 Å². The quantitative estimate of drug-likeness (QED) is 0.128. The topological polar surface area (TPSA) is 125 Å². The van der Waals surface area contributed by atoms with Gasteiger partial charge in [-0.2, -0.15) is 0 Å². The minimum absolute atomic E-state index is 0.121. The van der Waals surface area contributed by atoms with Crippen molar-refractivity contribution >= 4 is 23.5 Å². The van der Waals surface area contributed by atoms with E-state index in [0.717, 1.165) is 16.7 Å². The molecule has 0 aliphatic carbocycles. The number of benzene rings is 4. The number of nitrogens with zero attached hydrogens (tertiary/aromatic N) is 1. The van der Waals surface area contributed by atoms with Gasteiger partial charge in [0.25, 0.3) is 0 Å². The van der Waals surface area contributed by atoms with E-state index in [4.69, 9.17) is 9.47 Å². The van der Waals surface area contributed by atoms with Crippen molar-refractivity contribution in [3.05, 3.63) is 137 Å². The molecule has 0 spiro atoms. The molecule has 3 N–H and O–H groups in total. The zero-order chi connectivity index (χ0) is 36.0. The Hall–Kier alpha value is -4.97. The van der Waals surface area contributed by atoms with Gasteiger partial charge < -0.3 is 29.9 Å². The molecule has 0 radical (unpaired) electrons. The zero-order valence-electron chi connectivity index (χ0n) is 27.9. The van der Waals surface area contributed by atoms with E-state index in [0.29, 0.717) is 50.1 Å². The maximum atomic E-state index is 13.7. The number of β-lactam (4-membered cyclic amide) rings is 1. The number of carbonyl (C=O) groups is 3. The Kier molecular flexibility index (Phi) is 11.2. The molecule has 4 aromatic carbocycles. The predicted molar refractivity (Wildman–Crippen MR) is 185 cm³/mol. The Morgan fingerprint density at radius 1 is 0.902 bits per heavy atom. The molecule has 0 saturated carbocycles. The lowest BCUT2D eigenvalue weighted by molar-refractivity contribution is -0.212. The molecular formula is C40H40F2N2O7. The van der Waals surface area contributed by atoms with Gasteiger partial charge in [0.15, 0.2) is 0 Å². The number of aliphatic hydroxyl groups excluding tert-OH is 1. The molecule has 2 amide bonds. The maximum absolute atomic E-state index is 13.7. The lowest BCUT2D eigenvalue weighted by Gasteiger charge is -2.48. The average Bonchev–Trinajstić information content (AvgIpc) is 3.11. The fourth-order valence-electron chi connectivity index (χ4n) is 6.68. The first-order chi connectivity index (χ1) is 24.6. The number of carbonyl (C=O) groups excluding carboxylic acids is 2. The third-order valence-corrected chi connectivity index (χ3v) is 9.67. The summed E-state index contributed by atoms with van der Waals surface area (Å²) in [6.07, 6.45) is 1.19. The summed E-state index contributed by atoms with van der Waals surface area (Å²) in [6.45, 7) is 0.326. The minimum Gasteiger partial charge on any atom is -0.480 e. The minimum atomic E-state index is -1.13. The summed E-state index contributed by atoms with van der Waals surface area (Å²) in [5.41, 5.74) is 3.17. The first-order valence-electron chi connectivity index (χ1n) is 17.0. The molecule has 9 nitrogen and oxygen atoms in total. The van der Waals surface area contributed by atoms with Crippen molar-refractivity contribution in [1.82, 2.24) is 5.32 Å². The molecular weight excluding hydrogens is 658 g/mol. The Bertz CT molecular complexity index is 1800.